The fourth-order valence-electron chi connectivity index (χ4n) is 9.17. The number of hydrogen-bond acceptors (Lipinski definition) is 6. The summed E-state index contributed by atoms with van der Waals surface area (Å²) in [7, 11) is 0. The summed E-state index contributed by atoms with van der Waals surface area (Å²) in [6.45, 7) is 6.54. The van der Waals surface area contributed by atoms with Crippen molar-refractivity contribution in [2.75, 3.05) is 13.2 Å². The van der Waals surface area contributed by atoms with E-state index in [1.165, 1.54) is 193 Å². The lowest BCUT2D eigenvalue weighted by Crippen LogP contribution is -2.30. The van der Waals surface area contributed by atoms with E-state index in [2.05, 4.69) is 93.7 Å². The first-order chi connectivity index (χ1) is 36.5. The van der Waals surface area contributed by atoms with Crippen LogP contribution in [-0.2, 0) is 28.6 Å². The minimum absolute atomic E-state index is 0.0751. The lowest BCUT2D eigenvalue weighted by atomic mass is 10.0. The molecule has 0 fully saturated rings. The smallest absolute Gasteiger partial charge is 0.306 e. The van der Waals surface area contributed by atoms with Crippen molar-refractivity contribution in [3.63, 3.8) is 0 Å². The van der Waals surface area contributed by atoms with E-state index in [4.69, 9.17) is 14.2 Å². The van der Waals surface area contributed by atoms with Gasteiger partial charge in [-0.25, -0.2) is 0 Å². The Labute approximate surface area is 459 Å². The monoisotopic (exact) mass is 1030 g/mol. The van der Waals surface area contributed by atoms with E-state index in [1.807, 2.05) is 0 Å². The van der Waals surface area contributed by atoms with Crippen LogP contribution in [0.15, 0.2) is 72.9 Å². The van der Waals surface area contributed by atoms with E-state index in [0.29, 0.717) is 19.3 Å². The highest BCUT2D eigenvalue weighted by molar-refractivity contribution is 5.71. The summed E-state index contributed by atoms with van der Waals surface area (Å²) in [5.74, 6) is -0.869. The summed E-state index contributed by atoms with van der Waals surface area (Å²) >= 11 is 0. The zero-order valence-corrected chi connectivity index (χ0v) is 49.1. The maximum atomic E-state index is 12.9. The zero-order chi connectivity index (χ0) is 53.6. The van der Waals surface area contributed by atoms with Crippen LogP contribution in [0.1, 0.15) is 323 Å². The molecule has 1 unspecified atom stereocenters. The Morgan fingerprint density at radius 3 is 0.824 bits per heavy atom. The van der Waals surface area contributed by atoms with Gasteiger partial charge in [0, 0.05) is 19.3 Å². The highest BCUT2D eigenvalue weighted by atomic mass is 16.6. The minimum atomic E-state index is -0.778. The standard InChI is InChI=1S/C68H120O6/c1-4-7-10-13-16-19-22-25-27-29-31-33-34-36-37-39-41-43-46-49-52-55-58-61-67(70)73-64-65(63-72-66(69)60-57-54-51-48-45-24-21-18-15-12-9-6-3)74-68(71)62-59-56-53-50-47-44-42-40-38-35-32-30-28-26-23-20-17-14-11-8-5-2/h7,10,16,19,23,25-27,30-33,65H,4-6,8-9,11-15,17-18,20-22,24,28-29,34-64H2,1-3H3/b10-7-,19-16-,26-23-,27-25-,32-30-,33-31-. The van der Waals surface area contributed by atoms with E-state index in [1.54, 1.807) is 0 Å². The molecule has 428 valence electrons. The van der Waals surface area contributed by atoms with Gasteiger partial charge in [-0.15, -0.1) is 0 Å². The molecule has 0 radical (unpaired) electrons. The largest absolute Gasteiger partial charge is 0.462 e. The van der Waals surface area contributed by atoms with Gasteiger partial charge in [-0.2, -0.15) is 0 Å². The van der Waals surface area contributed by atoms with Crippen LogP contribution in [0, 0.1) is 0 Å². The van der Waals surface area contributed by atoms with E-state index >= 15 is 0 Å². The van der Waals surface area contributed by atoms with Crippen LogP contribution < -0.4 is 0 Å². The summed E-state index contributed by atoms with van der Waals surface area (Å²) < 4.78 is 16.9. The molecule has 0 bridgehead atoms. The first-order valence-electron chi connectivity index (χ1n) is 31.9. The van der Waals surface area contributed by atoms with Crippen molar-refractivity contribution in [3.05, 3.63) is 72.9 Å². The maximum Gasteiger partial charge on any atom is 0.306 e. The van der Waals surface area contributed by atoms with Crippen LogP contribution >= 0.6 is 0 Å². The Balaban J connectivity index is 4.31. The lowest BCUT2D eigenvalue weighted by molar-refractivity contribution is -0.167. The second kappa shape index (κ2) is 62.4. The summed E-state index contributed by atoms with van der Waals surface area (Å²) in [5, 5.41) is 0. The minimum Gasteiger partial charge on any atom is -0.462 e. The van der Waals surface area contributed by atoms with Gasteiger partial charge in [-0.3, -0.25) is 14.4 Å². The number of hydrogen-bond donors (Lipinski definition) is 0. The summed E-state index contributed by atoms with van der Waals surface area (Å²) in [6, 6.07) is 0. The Morgan fingerprint density at radius 2 is 0.527 bits per heavy atom. The number of allylic oxidation sites excluding steroid dienone is 12. The quantitative estimate of drug-likeness (QED) is 0.0261. The lowest BCUT2D eigenvalue weighted by Gasteiger charge is -2.18. The number of esters is 3. The fourth-order valence-corrected chi connectivity index (χ4v) is 9.17. The van der Waals surface area contributed by atoms with Crippen LogP contribution in [0.25, 0.3) is 0 Å². The van der Waals surface area contributed by atoms with Crippen LogP contribution in [-0.4, -0.2) is 37.2 Å². The van der Waals surface area contributed by atoms with Crippen molar-refractivity contribution in [2.24, 2.45) is 0 Å². The molecular formula is C68H120O6. The van der Waals surface area contributed by atoms with Crippen molar-refractivity contribution in [1.82, 2.24) is 0 Å². The highest BCUT2D eigenvalue weighted by Gasteiger charge is 2.19. The Morgan fingerprint density at radius 1 is 0.284 bits per heavy atom. The van der Waals surface area contributed by atoms with Gasteiger partial charge in [0.25, 0.3) is 0 Å². The van der Waals surface area contributed by atoms with Gasteiger partial charge < -0.3 is 14.2 Å². The first-order valence-corrected chi connectivity index (χ1v) is 31.9. The molecule has 0 heterocycles. The van der Waals surface area contributed by atoms with Gasteiger partial charge in [0.15, 0.2) is 6.10 Å². The maximum absolute atomic E-state index is 12.9. The number of rotatable bonds is 58. The average Bonchev–Trinajstić information content (AvgIpc) is 3.40. The van der Waals surface area contributed by atoms with Crippen LogP contribution in [0.3, 0.4) is 0 Å². The zero-order valence-electron chi connectivity index (χ0n) is 49.1. The average molecular weight is 1030 g/mol. The molecule has 0 aliphatic rings. The first kappa shape index (κ1) is 70.8. The van der Waals surface area contributed by atoms with Crippen molar-refractivity contribution >= 4 is 17.9 Å². The molecule has 0 aromatic carbocycles. The van der Waals surface area contributed by atoms with E-state index < -0.39 is 6.10 Å². The van der Waals surface area contributed by atoms with Crippen LogP contribution in [0.4, 0.5) is 0 Å². The molecule has 0 N–H and O–H groups in total. The van der Waals surface area contributed by atoms with Crippen molar-refractivity contribution in [2.45, 2.75) is 329 Å². The molecule has 0 amide bonds. The predicted molar refractivity (Wildman–Crippen MR) is 321 cm³/mol. The Bertz CT molecular complexity index is 1370. The van der Waals surface area contributed by atoms with E-state index in [0.717, 1.165) is 89.9 Å². The van der Waals surface area contributed by atoms with Crippen molar-refractivity contribution < 1.29 is 28.6 Å². The van der Waals surface area contributed by atoms with Gasteiger partial charge in [-0.1, -0.05) is 286 Å². The molecule has 6 heteroatoms. The summed E-state index contributed by atoms with van der Waals surface area (Å²) in [4.78, 5) is 38.3. The molecule has 6 nitrogen and oxygen atoms in total. The van der Waals surface area contributed by atoms with Crippen LogP contribution in [0.5, 0.6) is 0 Å². The number of unbranched alkanes of at least 4 members (excludes halogenated alkanes) is 35. The van der Waals surface area contributed by atoms with Gasteiger partial charge in [-0.05, 0) is 89.9 Å². The second-order valence-electron chi connectivity index (χ2n) is 21.3. The normalized spacial score (nSPS) is 12.5. The third-order valence-corrected chi connectivity index (χ3v) is 13.9. The number of carbonyl (C=O) groups excluding carboxylic acids is 3. The van der Waals surface area contributed by atoms with E-state index in [9.17, 15) is 14.4 Å². The Kier molecular flexibility index (Phi) is 59.7. The van der Waals surface area contributed by atoms with Gasteiger partial charge >= 0.3 is 17.9 Å². The topological polar surface area (TPSA) is 78.9 Å². The van der Waals surface area contributed by atoms with Crippen LogP contribution in [0.2, 0.25) is 0 Å². The molecule has 0 saturated carbocycles. The van der Waals surface area contributed by atoms with Gasteiger partial charge in [0.1, 0.15) is 13.2 Å². The molecule has 0 aliphatic heterocycles. The van der Waals surface area contributed by atoms with Crippen molar-refractivity contribution in [1.29, 1.82) is 0 Å². The molecule has 0 aromatic heterocycles. The number of carbonyl (C=O) groups is 3. The molecule has 0 rings (SSSR count). The van der Waals surface area contributed by atoms with Crippen molar-refractivity contribution in [3.8, 4) is 0 Å². The molecule has 0 spiro atoms. The second-order valence-corrected chi connectivity index (χ2v) is 21.3. The third kappa shape index (κ3) is 59.7. The molecular weight excluding hydrogens is 913 g/mol. The third-order valence-electron chi connectivity index (χ3n) is 13.9. The fraction of sp³-hybridized carbons (Fsp3) is 0.779. The number of ether oxygens (including phenoxy) is 3. The predicted octanol–water partition coefficient (Wildman–Crippen LogP) is 21.7. The molecule has 0 aromatic rings. The molecule has 74 heavy (non-hydrogen) atoms. The Hall–Kier alpha value is -3.15. The molecule has 0 aliphatic carbocycles. The highest BCUT2D eigenvalue weighted by Crippen LogP contribution is 2.17. The van der Waals surface area contributed by atoms with E-state index in [-0.39, 0.29) is 31.1 Å². The molecule has 0 saturated heterocycles. The van der Waals surface area contributed by atoms with Gasteiger partial charge in [0.2, 0.25) is 0 Å². The SMILES string of the molecule is CC/C=C\C/C=C\C/C=C\C/C=C\CCCCCCCCCCCCC(=O)OCC(COC(=O)CCCCCCCCCCCCCC)OC(=O)CCCCCCCCCCC/C=C\C/C=C\CCCCCCC. The summed E-state index contributed by atoms with van der Waals surface area (Å²) in [5.41, 5.74) is 0. The molecule has 1 atom stereocenters. The summed E-state index contributed by atoms with van der Waals surface area (Å²) in [6.07, 6.45) is 80.4. The van der Waals surface area contributed by atoms with Gasteiger partial charge in [0.05, 0.1) is 0 Å².